The minimum atomic E-state index is -1.15. The highest BCUT2D eigenvalue weighted by molar-refractivity contribution is 5.91. The molecule has 0 amide bonds. The van der Waals surface area contributed by atoms with Crippen molar-refractivity contribution in [3.05, 3.63) is 59.2 Å². The maximum absolute atomic E-state index is 11.3. The van der Waals surface area contributed by atoms with E-state index in [4.69, 9.17) is 14.2 Å². The summed E-state index contributed by atoms with van der Waals surface area (Å²) in [6.07, 6.45) is 2.94. The molecule has 0 atom stereocenters. The second-order valence-electron chi connectivity index (χ2n) is 7.33. The summed E-state index contributed by atoms with van der Waals surface area (Å²) in [6, 6.07) is 13.2. The van der Waals surface area contributed by atoms with Gasteiger partial charge in [0.25, 0.3) is 0 Å². The number of aromatic carboxylic acids is 1. The fourth-order valence-electron chi connectivity index (χ4n) is 3.66. The third kappa shape index (κ3) is 5.02. The van der Waals surface area contributed by atoms with E-state index in [2.05, 4.69) is 18.2 Å². The molecule has 3 rings (SSSR count). The summed E-state index contributed by atoms with van der Waals surface area (Å²) in [5.41, 5.74) is 1.63. The lowest BCUT2D eigenvalue weighted by atomic mass is 10.0. The number of hydrogen-bond acceptors (Lipinski definition) is 5. The van der Waals surface area contributed by atoms with Crippen molar-refractivity contribution in [3.63, 3.8) is 0 Å². The predicted octanol–water partition coefficient (Wildman–Crippen LogP) is 5.22. The number of ether oxygens (including phenoxy) is 3. The average molecular weight is 424 g/mol. The van der Waals surface area contributed by atoms with E-state index >= 15 is 0 Å². The molecule has 2 N–H and O–H groups in total. The zero-order valence-corrected chi connectivity index (χ0v) is 18.1. The summed E-state index contributed by atoms with van der Waals surface area (Å²) < 4.78 is 16.6. The number of aromatic hydroxyl groups is 1. The maximum atomic E-state index is 11.3. The largest absolute Gasteiger partial charge is 0.507 e. The molecule has 0 aromatic heterocycles. The molecule has 0 aliphatic carbocycles. The van der Waals surface area contributed by atoms with Crippen molar-refractivity contribution in [1.29, 1.82) is 0 Å². The second kappa shape index (κ2) is 10.1. The number of carboxylic acids is 1. The Bertz CT molecular complexity index is 1070. The van der Waals surface area contributed by atoms with Gasteiger partial charge in [0.05, 0.1) is 20.8 Å². The molecule has 0 spiro atoms. The van der Waals surface area contributed by atoms with Crippen LogP contribution in [0, 0.1) is 0 Å². The van der Waals surface area contributed by atoms with E-state index in [1.165, 1.54) is 11.6 Å². The smallest absolute Gasteiger partial charge is 0.339 e. The van der Waals surface area contributed by atoms with Crippen LogP contribution in [0.1, 0.15) is 41.3 Å². The van der Waals surface area contributed by atoms with Crippen LogP contribution in [0.15, 0.2) is 42.5 Å². The van der Waals surface area contributed by atoms with Crippen molar-refractivity contribution in [2.24, 2.45) is 0 Å². The van der Waals surface area contributed by atoms with Crippen LogP contribution in [0.3, 0.4) is 0 Å². The highest BCUT2D eigenvalue weighted by atomic mass is 16.5. The van der Waals surface area contributed by atoms with Crippen LogP contribution >= 0.6 is 0 Å². The van der Waals surface area contributed by atoms with Crippen molar-refractivity contribution in [3.8, 4) is 23.0 Å². The topological polar surface area (TPSA) is 85.2 Å². The van der Waals surface area contributed by atoms with Gasteiger partial charge in [-0.15, -0.1) is 0 Å². The summed E-state index contributed by atoms with van der Waals surface area (Å²) in [6.45, 7) is 2.44. The molecule has 0 radical (unpaired) electrons. The first-order valence-corrected chi connectivity index (χ1v) is 10.3. The minimum absolute atomic E-state index is 0.0981. The van der Waals surface area contributed by atoms with Gasteiger partial charge < -0.3 is 24.4 Å². The van der Waals surface area contributed by atoms with Gasteiger partial charge >= 0.3 is 5.97 Å². The SMILES string of the molecule is CCCc1c(OCCCc2ccc3cc(OC)c(OC)cc3c2)ccc(C(=O)O)c1O. The molecule has 0 bridgehead atoms. The van der Waals surface area contributed by atoms with Crippen molar-refractivity contribution in [2.45, 2.75) is 32.6 Å². The van der Waals surface area contributed by atoms with Gasteiger partial charge in [0.1, 0.15) is 17.1 Å². The van der Waals surface area contributed by atoms with E-state index in [0.717, 1.165) is 30.0 Å². The molecule has 0 heterocycles. The Morgan fingerprint density at radius 3 is 2.26 bits per heavy atom. The molecule has 0 saturated carbocycles. The molecule has 0 aliphatic rings. The van der Waals surface area contributed by atoms with E-state index < -0.39 is 5.97 Å². The standard InChI is InChI=1S/C25H28O6/c1-4-6-19-21(11-10-20(24(19)26)25(27)28)31-12-5-7-16-8-9-17-14-22(29-2)23(30-3)15-18(17)13-16/h8-11,13-15,26H,4-7,12H2,1-3H3,(H,27,28). The van der Waals surface area contributed by atoms with E-state index in [9.17, 15) is 15.0 Å². The number of hydrogen-bond donors (Lipinski definition) is 2. The molecule has 0 saturated heterocycles. The highest BCUT2D eigenvalue weighted by Crippen LogP contribution is 2.34. The lowest BCUT2D eigenvalue weighted by Crippen LogP contribution is -2.05. The second-order valence-corrected chi connectivity index (χ2v) is 7.33. The molecule has 164 valence electrons. The summed E-state index contributed by atoms with van der Waals surface area (Å²) in [4.78, 5) is 11.3. The number of benzene rings is 3. The van der Waals surface area contributed by atoms with E-state index in [1.807, 2.05) is 19.1 Å². The molecule has 6 nitrogen and oxygen atoms in total. The number of phenols is 1. The number of carboxylic acid groups (broad SMARTS) is 1. The molecule has 0 aliphatic heterocycles. The van der Waals surface area contributed by atoms with Crippen LogP contribution in [0.4, 0.5) is 0 Å². The normalized spacial score (nSPS) is 10.8. The van der Waals surface area contributed by atoms with Gasteiger partial charge in [0.2, 0.25) is 0 Å². The fourth-order valence-corrected chi connectivity index (χ4v) is 3.66. The Kier molecular flexibility index (Phi) is 7.23. The van der Waals surface area contributed by atoms with Crippen LogP contribution in [0.25, 0.3) is 10.8 Å². The van der Waals surface area contributed by atoms with Crippen molar-refractivity contribution < 1.29 is 29.2 Å². The quantitative estimate of drug-likeness (QED) is 0.434. The third-order valence-electron chi connectivity index (χ3n) is 5.24. The van der Waals surface area contributed by atoms with Crippen LogP contribution in [0.2, 0.25) is 0 Å². The summed E-state index contributed by atoms with van der Waals surface area (Å²) in [7, 11) is 3.25. The molecule has 0 fully saturated rings. The number of fused-ring (bicyclic) bond motifs is 1. The van der Waals surface area contributed by atoms with Gasteiger partial charge in [-0.2, -0.15) is 0 Å². The van der Waals surface area contributed by atoms with Gasteiger partial charge in [-0.25, -0.2) is 4.79 Å². The number of carbonyl (C=O) groups is 1. The van der Waals surface area contributed by atoms with Gasteiger partial charge in [-0.1, -0.05) is 31.5 Å². The van der Waals surface area contributed by atoms with Crippen molar-refractivity contribution in [2.75, 3.05) is 20.8 Å². The first kappa shape index (κ1) is 22.3. The molecular weight excluding hydrogens is 396 g/mol. The van der Waals surface area contributed by atoms with E-state index in [-0.39, 0.29) is 11.3 Å². The van der Waals surface area contributed by atoms with E-state index in [0.29, 0.717) is 35.8 Å². The van der Waals surface area contributed by atoms with E-state index in [1.54, 1.807) is 20.3 Å². The average Bonchev–Trinajstić information content (AvgIpc) is 2.77. The van der Waals surface area contributed by atoms with Gasteiger partial charge in [0, 0.05) is 5.56 Å². The van der Waals surface area contributed by atoms with Crippen LogP contribution in [-0.4, -0.2) is 37.0 Å². The Morgan fingerprint density at radius 2 is 1.61 bits per heavy atom. The number of methoxy groups -OCH3 is 2. The molecule has 31 heavy (non-hydrogen) atoms. The summed E-state index contributed by atoms with van der Waals surface area (Å²) in [5.74, 6) is 0.595. The molecule has 3 aromatic carbocycles. The Hall–Kier alpha value is -3.41. The van der Waals surface area contributed by atoms with Gasteiger partial charge in [-0.05, 0) is 59.9 Å². The maximum Gasteiger partial charge on any atom is 0.339 e. The summed E-state index contributed by atoms with van der Waals surface area (Å²) in [5, 5.41) is 21.7. The zero-order chi connectivity index (χ0) is 22.4. The number of aryl methyl sites for hydroxylation is 1. The lowest BCUT2D eigenvalue weighted by molar-refractivity contribution is 0.0693. The van der Waals surface area contributed by atoms with Crippen molar-refractivity contribution >= 4 is 16.7 Å². The van der Waals surface area contributed by atoms with Crippen LogP contribution < -0.4 is 14.2 Å². The lowest BCUT2D eigenvalue weighted by Gasteiger charge is -2.14. The summed E-state index contributed by atoms with van der Waals surface area (Å²) >= 11 is 0. The first-order valence-electron chi connectivity index (χ1n) is 10.3. The predicted molar refractivity (Wildman–Crippen MR) is 120 cm³/mol. The zero-order valence-electron chi connectivity index (χ0n) is 18.1. The van der Waals surface area contributed by atoms with Gasteiger partial charge in [0.15, 0.2) is 11.5 Å². The Morgan fingerprint density at radius 1 is 0.903 bits per heavy atom. The fraction of sp³-hybridized carbons (Fsp3) is 0.320. The van der Waals surface area contributed by atoms with Crippen LogP contribution in [-0.2, 0) is 12.8 Å². The van der Waals surface area contributed by atoms with Crippen molar-refractivity contribution in [1.82, 2.24) is 0 Å². The third-order valence-corrected chi connectivity index (χ3v) is 5.24. The van der Waals surface area contributed by atoms with Gasteiger partial charge in [-0.3, -0.25) is 0 Å². The molecular formula is C25H28O6. The molecule has 3 aromatic rings. The van der Waals surface area contributed by atoms with Crippen LogP contribution in [0.5, 0.6) is 23.0 Å². The Balaban J connectivity index is 1.67. The highest BCUT2D eigenvalue weighted by Gasteiger charge is 2.17. The first-order chi connectivity index (χ1) is 15.0. The minimum Gasteiger partial charge on any atom is -0.507 e. The monoisotopic (exact) mass is 424 g/mol. The number of rotatable bonds is 10. The molecule has 6 heteroatoms. The Labute approximate surface area is 182 Å². The molecule has 0 unspecified atom stereocenters.